The number of piperidine rings is 1. The number of hydrogen-bond acceptors (Lipinski definition) is 14. The number of amides is 1. The van der Waals surface area contributed by atoms with E-state index in [9.17, 15) is 23.3 Å². The average molecular weight is 971 g/mol. The van der Waals surface area contributed by atoms with Gasteiger partial charge in [0.2, 0.25) is 5.88 Å². The Labute approximate surface area is 406 Å². The van der Waals surface area contributed by atoms with Gasteiger partial charge in [-0.25, -0.2) is 13.1 Å². The third kappa shape index (κ3) is 7.92. The maximum absolute atomic E-state index is 14.7. The smallest absolute Gasteiger partial charge is 0.297 e. The Balaban J connectivity index is 0.832. The fraction of sp³-hybridized carbons (Fsp3) is 0.462. The number of allylic oxidation sites excluding steroid dienone is 1. The summed E-state index contributed by atoms with van der Waals surface area (Å²) in [5.41, 5.74) is 6.42. The van der Waals surface area contributed by atoms with E-state index in [1.165, 1.54) is 36.5 Å². The minimum Gasteiger partial charge on any atom is -0.489 e. The van der Waals surface area contributed by atoms with Crippen LogP contribution in [0.2, 0.25) is 0 Å². The van der Waals surface area contributed by atoms with E-state index in [4.69, 9.17) is 23.9 Å². The molecule has 8 heterocycles. The zero-order valence-corrected chi connectivity index (χ0v) is 40.0. The van der Waals surface area contributed by atoms with Crippen molar-refractivity contribution < 1.29 is 37.1 Å². The van der Waals surface area contributed by atoms with E-state index in [1.807, 2.05) is 29.2 Å². The topological polar surface area (TPSA) is 194 Å². The molecule has 5 aromatic rings. The lowest BCUT2D eigenvalue weighted by molar-refractivity contribution is -0.384. The number of nitrogens with zero attached hydrogens (tertiary/aromatic N) is 5. The monoisotopic (exact) mass is 970 g/mol. The van der Waals surface area contributed by atoms with E-state index in [0.717, 1.165) is 74.5 Å². The van der Waals surface area contributed by atoms with Crippen molar-refractivity contribution in [2.24, 2.45) is 11.3 Å². The van der Waals surface area contributed by atoms with Crippen LogP contribution in [0, 0.1) is 21.4 Å². The predicted molar refractivity (Wildman–Crippen MR) is 265 cm³/mol. The van der Waals surface area contributed by atoms with E-state index in [2.05, 4.69) is 62.6 Å². The molecule has 4 atom stereocenters. The van der Waals surface area contributed by atoms with Crippen molar-refractivity contribution in [3.8, 4) is 11.6 Å². The van der Waals surface area contributed by atoms with Crippen molar-refractivity contribution in [1.29, 1.82) is 0 Å². The Kier molecular flexibility index (Phi) is 11.3. The third-order valence-corrected chi connectivity index (χ3v) is 17.6. The van der Waals surface area contributed by atoms with Gasteiger partial charge in [0.15, 0.2) is 11.4 Å². The SMILES string of the molecule is C=C(C)c1ccccc1[C@@H]1CCCN1C1CC2(CCN(c3ccc(C(=O)NS(=O)(=O)c4cc5c(c([N+](=O)[O-])c4)N[C@H](C4CCOCC4)CO5)c(N4c5cc6cc[nH]c6nc5O[C@H]5COC[C@H]54)c3)CC2)C1. The lowest BCUT2D eigenvalue weighted by Crippen LogP contribution is -2.55. The van der Waals surface area contributed by atoms with Crippen LogP contribution < -0.4 is 29.3 Å². The molecule has 12 rings (SSSR count). The number of nitro benzene ring substituents is 1. The second-order valence-electron chi connectivity index (χ2n) is 20.4. The maximum Gasteiger partial charge on any atom is 0.297 e. The van der Waals surface area contributed by atoms with Crippen molar-refractivity contribution in [1.82, 2.24) is 19.6 Å². The summed E-state index contributed by atoms with van der Waals surface area (Å²) in [5.74, 6) is -0.334. The molecule has 7 aliphatic rings. The molecule has 3 N–H and O–H groups in total. The number of carbonyl (C=O) groups excluding carboxylic acids is 1. The molecule has 18 heteroatoms. The van der Waals surface area contributed by atoms with Gasteiger partial charge >= 0.3 is 0 Å². The number of rotatable bonds is 10. The number of nitrogens with one attached hydrogen (secondary N) is 3. The molecule has 4 saturated heterocycles. The molecule has 70 heavy (non-hydrogen) atoms. The number of sulfonamides is 1. The van der Waals surface area contributed by atoms with Gasteiger partial charge in [-0.2, -0.15) is 4.98 Å². The minimum absolute atomic E-state index is 0.0292. The minimum atomic E-state index is -4.68. The van der Waals surface area contributed by atoms with Crippen LogP contribution in [0.1, 0.15) is 85.8 Å². The van der Waals surface area contributed by atoms with Gasteiger partial charge in [-0.1, -0.05) is 36.4 Å². The van der Waals surface area contributed by atoms with Crippen LogP contribution in [0.4, 0.5) is 28.4 Å². The first-order chi connectivity index (χ1) is 33.9. The number of anilines is 4. The van der Waals surface area contributed by atoms with Crippen molar-refractivity contribution in [3.05, 3.63) is 106 Å². The van der Waals surface area contributed by atoms with Crippen LogP contribution in [0.15, 0.2) is 84.4 Å². The molecule has 1 amide bonds. The van der Waals surface area contributed by atoms with E-state index >= 15 is 0 Å². The van der Waals surface area contributed by atoms with Gasteiger partial charge in [-0.15, -0.1) is 0 Å². The van der Waals surface area contributed by atoms with Crippen LogP contribution in [0.25, 0.3) is 16.6 Å². The highest BCUT2D eigenvalue weighted by atomic mass is 32.2. The molecule has 2 aromatic heterocycles. The number of hydrogen-bond donors (Lipinski definition) is 3. The number of aromatic nitrogens is 2. The number of pyridine rings is 1. The molecule has 5 fully saturated rings. The predicted octanol–water partition coefficient (Wildman–Crippen LogP) is 8.11. The van der Waals surface area contributed by atoms with Gasteiger partial charge < -0.3 is 39.0 Å². The maximum atomic E-state index is 14.7. The van der Waals surface area contributed by atoms with Crippen molar-refractivity contribution in [2.45, 2.75) is 93.5 Å². The van der Waals surface area contributed by atoms with E-state index in [0.29, 0.717) is 61.4 Å². The second-order valence-corrected chi connectivity index (χ2v) is 22.1. The standard InChI is InChI=1S/C52H58N8O9S/c1-31(2)37-6-3-4-7-38(37)41-8-5-17-58(41)35-26-52(27-35)14-18-57(19-15-52)34-9-10-39(42(23-34)59-44-22-33-11-16-53-49(33)55-51(44)69-47-30-67-29-45(47)59)50(61)56-70(64,65)36-24-43(60(62)63)48-46(25-36)68-28-40(54-48)32-12-20-66-21-13-32/h3-4,6-7,9-11,16,22-25,32,35,40-41,45,47,54H,1,5,8,12-15,17-21,26-30H2,2H3,(H,53,55)(H,56,61)/t40-,41-,45+,47-/m0/s1. The summed E-state index contributed by atoms with van der Waals surface area (Å²) in [5, 5.41) is 16.6. The number of aromatic amines is 1. The zero-order valence-electron chi connectivity index (χ0n) is 39.2. The third-order valence-electron chi connectivity index (χ3n) is 16.3. The fourth-order valence-electron chi connectivity index (χ4n) is 12.5. The summed E-state index contributed by atoms with van der Waals surface area (Å²) in [6, 6.07) is 20.8. The highest BCUT2D eigenvalue weighted by Crippen LogP contribution is 2.55. The number of fused-ring (bicyclic) bond motifs is 4. The van der Waals surface area contributed by atoms with Crippen molar-refractivity contribution >= 4 is 61.0 Å². The molecule has 1 aliphatic carbocycles. The lowest BCUT2D eigenvalue weighted by atomic mass is 9.59. The van der Waals surface area contributed by atoms with Crippen LogP contribution >= 0.6 is 0 Å². The van der Waals surface area contributed by atoms with Gasteiger partial charge in [0.1, 0.15) is 24.0 Å². The quantitative estimate of drug-likeness (QED) is 0.0898. The first kappa shape index (κ1) is 45.0. The molecular formula is C52H58N8O9S. The molecule has 6 aliphatic heterocycles. The molecule has 1 saturated carbocycles. The Morgan fingerprint density at radius 3 is 2.56 bits per heavy atom. The second kappa shape index (κ2) is 17.6. The Morgan fingerprint density at radius 2 is 1.76 bits per heavy atom. The van der Waals surface area contributed by atoms with E-state index in [-0.39, 0.29) is 47.0 Å². The zero-order chi connectivity index (χ0) is 47.9. The van der Waals surface area contributed by atoms with E-state index in [1.54, 1.807) is 12.3 Å². The number of carbonyl (C=O) groups is 1. The van der Waals surface area contributed by atoms with Crippen LogP contribution in [0.5, 0.6) is 11.6 Å². The summed E-state index contributed by atoms with van der Waals surface area (Å²) in [7, 11) is -4.68. The van der Waals surface area contributed by atoms with Gasteiger partial charge in [0, 0.05) is 67.8 Å². The normalized spacial score (nSPS) is 24.5. The molecular weight excluding hydrogens is 913 g/mol. The fourth-order valence-corrected chi connectivity index (χ4v) is 13.5. The molecule has 17 nitrogen and oxygen atoms in total. The highest BCUT2D eigenvalue weighted by molar-refractivity contribution is 7.90. The van der Waals surface area contributed by atoms with Crippen LogP contribution in [-0.4, -0.2) is 111 Å². The largest absolute Gasteiger partial charge is 0.489 e. The van der Waals surface area contributed by atoms with Crippen molar-refractivity contribution in [2.75, 3.05) is 67.8 Å². The molecule has 0 bridgehead atoms. The number of benzene rings is 3. The van der Waals surface area contributed by atoms with Gasteiger partial charge in [0.25, 0.3) is 21.6 Å². The highest BCUT2D eigenvalue weighted by Gasteiger charge is 2.50. The molecule has 0 radical (unpaired) electrons. The molecule has 0 unspecified atom stereocenters. The Hall–Kier alpha value is -6.21. The molecule has 1 spiro atoms. The van der Waals surface area contributed by atoms with Gasteiger partial charge in [-0.3, -0.25) is 19.8 Å². The first-order valence-electron chi connectivity index (χ1n) is 24.7. The number of H-pyrrole nitrogens is 1. The average Bonchev–Trinajstić information content (AvgIpc) is 4.16. The summed E-state index contributed by atoms with van der Waals surface area (Å²) >= 11 is 0. The lowest BCUT2D eigenvalue weighted by Gasteiger charge is -2.56. The van der Waals surface area contributed by atoms with Gasteiger partial charge in [-0.05, 0) is 118 Å². The number of nitro groups is 1. The Bertz CT molecular complexity index is 3010. The first-order valence-corrected chi connectivity index (χ1v) is 26.2. The molecule has 3 aromatic carbocycles. The summed E-state index contributed by atoms with van der Waals surface area (Å²) < 4.78 is 54.8. The van der Waals surface area contributed by atoms with Crippen molar-refractivity contribution in [3.63, 3.8) is 0 Å². The number of likely N-dealkylation sites (tertiary alicyclic amines) is 1. The summed E-state index contributed by atoms with van der Waals surface area (Å²) in [4.78, 5) is 41.2. The number of ether oxygens (including phenoxy) is 4. The van der Waals surface area contributed by atoms with E-state index < -0.39 is 37.5 Å². The van der Waals surface area contributed by atoms with Crippen LogP contribution in [0.3, 0.4) is 0 Å². The summed E-state index contributed by atoms with van der Waals surface area (Å²) in [6.07, 6.45) is 9.72. The van der Waals surface area contributed by atoms with Gasteiger partial charge in [0.05, 0.1) is 46.4 Å². The summed E-state index contributed by atoms with van der Waals surface area (Å²) in [6.45, 7) is 11.1. The van der Waals surface area contributed by atoms with Crippen LogP contribution in [-0.2, 0) is 19.5 Å². The molecule has 366 valence electrons. The Morgan fingerprint density at radius 1 is 0.943 bits per heavy atom.